The summed E-state index contributed by atoms with van der Waals surface area (Å²) in [5.41, 5.74) is 1.93. The second-order valence-electron chi connectivity index (χ2n) is 8.12. The van der Waals surface area contributed by atoms with Crippen molar-refractivity contribution in [1.29, 1.82) is 0 Å². The molecule has 182 valence electrons. The van der Waals surface area contributed by atoms with Crippen molar-refractivity contribution in [2.75, 3.05) is 19.7 Å². The first-order valence-electron chi connectivity index (χ1n) is 10.4. The minimum Gasteiger partial charge on any atom is -0.475 e. The Labute approximate surface area is 192 Å². The molecule has 12 heteroatoms. The van der Waals surface area contributed by atoms with Gasteiger partial charge in [0.1, 0.15) is 6.61 Å². The molecule has 0 radical (unpaired) electrons. The normalized spacial score (nSPS) is 21.1. The van der Waals surface area contributed by atoms with E-state index in [0.29, 0.717) is 6.54 Å². The Kier molecular flexibility index (Phi) is 7.80. The minimum atomic E-state index is -5.08. The Morgan fingerprint density at radius 1 is 1.33 bits per heavy atom. The zero-order chi connectivity index (χ0) is 24.2. The third-order valence-corrected chi connectivity index (χ3v) is 6.78. The molecule has 33 heavy (non-hydrogen) atoms. The van der Waals surface area contributed by atoms with E-state index in [1.165, 1.54) is 5.56 Å². The maximum atomic E-state index is 12.5. The number of rotatable bonds is 4. The first-order valence-corrected chi connectivity index (χ1v) is 11.3. The summed E-state index contributed by atoms with van der Waals surface area (Å²) >= 11 is 1.63. The van der Waals surface area contributed by atoms with Crippen LogP contribution in [0.2, 0.25) is 0 Å². The average molecular weight is 490 g/mol. The molecular weight excluding hydrogens is 463 g/mol. The highest BCUT2D eigenvalue weighted by Crippen LogP contribution is 2.36. The van der Waals surface area contributed by atoms with E-state index in [9.17, 15) is 18.0 Å². The van der Waals surface area contributed by atoms with Crippen molar-refractivity contribution >= 4 is 23.2 Å². The number of thiazole rings is 1. The van der Waals surface area contributed by atoms with Crippen molar-refractivity contribution in [1.82, 2.24) is 14.8 Å². The number of piperidine rings is 1. The number of carbonyl (C=O) groups is 2. The number of carboxylic acid groups (broad SMARTS) is 1. The third-order valence-electron chi connectivity index (χ3n) is 5.96. The lowest BCUT2D eigenvalue weighted by Gasteiger charge is -2.51. The molecule has 1 atom stereocenters. The molecule has 1 spiro atoms. The van der Waals surface area contributed by atoms with Crippen LogP contribution in [0.15, 0.2) is 28.4 Å². The molecule has 0 bridgehead atoms. The highest BCUT2D eigenvalue weighted by Gasteiger charge is 2.48. The van der Waals surface area contributed by atoms with E-state index < -0.39 is 12.1 Å². The summed E-state index contributed by atoms with van der Waals surface area (Å²) in [7, 11) is 0. The van der Waals surface area contributed by atoms with Gasteiger partial charge < -0.3 is 19.2 Å². The number of alkyl halides is 3. The van der Waals surface area contributed by atoms with Crippen LogP contribution in [0, 0.1) is 6.92 Å². The zero-order valence-corrected chi connectivity index (χ0v) is 19.1. The van der Waals surface area contributed by atoms with Crippen LogP contribution in [-0.2, 0) is 27.4 Å². The molecule has 2 aromatic rings. The number of hydrogen-bond donors (Lipinski definition) is 1. The van der Waals surface area contributed by atoms with E-state index in [1.54, 1.807) is 23.9 Å². The van der Waals surface area contributed by atoms with Crippen LogP contribution in [0.25, 0.3) is 0 Å². The fraction of sp³-hybridized carbons (Fsp3) is 0.571. The molecule has 0 aromatic carbocycles. The summed E-state index contributed by atoms with van der Waals surface area (Å²) in [6.07, 6.45) is 0.314. The lowest BCUT2D eigenvalue weighted by Crippen LogP contribution is -2.63. The van der Waals surface area contributed by atoms with Gasteiger partial charge >= 0.3 is 12.1 Å². The number of likely N-dealkylation sites (tertiary alicyclic amines) is 1. The number of furan rings is 1. The van der Waals surface area contributed by atoms with Crippen LogP contribution in [0.3, 0.4) is 0 Å². The van der Waals surface area contributed by atoms with Gasteiger partial charge in [-0.05, 0) is 32.8 Å². The monoisotopic (exact) mass is 489 g/mol. The summed E-state index contributed by atoms with van der Waals surface area (Å²) in [5, 5.41) is 10.2. The fourth-order valence-corrected chi connectivity index (χ4v) is 4.69. The molecule has 1 amide bonds. The molecule has 4 rings (SSSR count). The third kappa shape index (κ3) is 6.33. The quantitative estimate of drug-likeness (QED) is 0.703. The number of aliphatic carboxylic acids is 1. The predicted molar refractivity (Wildman–Crippen MR) is 112 cm³/mol. The average Bonchev–Trinajstić information content (AvgIpc) is 3.41. The smallest absolute Gasteiger partial charge is 0.475 e. The standard InChI is InChI=1S/C19H25N3O3S.C2HF3O2/c1-14-19(4-6-21(7-5-19)9-16-3-8-24-11-16)25-12-18(23)22(14)10-17-13-26-15(2)20-17;3-2(4,5)1(6)7/h3,8,11,13-14H,4-7,9-10,12H2,1-2H3;(H,6,7). The zero-order valence-electron chi connectivity index (χ0n) is 18.3. The fourth-order valence-electron chi connectivity index (χ4n) is 4.08. The van der Waals surface area contributed by atoms with Gasteiger partial charge in [0.15, 0.2) is 0 Å². The Hall–Kier alpha value is -2.44. The largest absolute Gasteiger partial charge is 0.490 e. The molecule has 4 heterocycles. The van der Waals surface area contributed by atoms with Crippen LogP contribution in [-0.4, -0.2) is 69.3 Å². The van der Waals surface area contributed by atoms with Gasteiger partial charge in [0.25, 0.3) is 0 Å². The SMILES string of the molecule is Cc1nc(CN2C(=O)COC3(CCN(Cc4ccoc4)CC3)C2C)cs1.O=C(O)C(F)(F)F. The first kappa shape index (κ1) is 25.2. The highest BCUT2D eigenvalue weighted by atomic mass is 32.1. The van der Waals surface area contributed by atoms with E-state index in [2.05, 4.69) is 16.8 Å². The van der Waals surface area contributed by atoms with Gasteiger partial charge in [0.05, 0.1) is 41.4 Å². The van der Waals surface area contributed by atoms with Gasteiger partial charge in [-0.2, -0.15) is 13.2 Å². The lowest BCUT2D eigenvalue weighted by molar-refractivity contribution is -0.192. The number of hydrogen-bond acceptors (Lipinski definition) is 7. The van der Waals surface area contributed by atoms with E-state index in [0.717, 1.165) is 43.2 Å². The van der Waals surface area contributed by atoms with Crippen LogP contribution in [0.4, 0.5) is 13.2 Å². The van der Waals surface area contributed by atoms with Crippen molar-refractivity contribution in [3.63, 3.8) is 0 Å². The number of amides is 1. The van der Waals surface area contributed by atoms with Gasteiger partial charge in [-0.1, -0.05) is 0 Å². The summed E-state index contributed by atoms with van der Waals surface area (Å²) < 4.78 is 43.0. The number of ether oxygens (including phenoxy) is 1. The van der Waals surface area contributed by atoms with Crippen molar-refractivity contribution in [3.8, 4) is 0 Å². The summed E-state index contributed by atoms with van der Waals surface area (Å²) in [5.74, 6) is -2.69. The summed E-state index contributed by atoms with van der Waals surface area (Å²) in [4.78, 5) is 30.3. The second kappa shape index (κ2) is 10.2. The molecule has 0 saturated carbocycles. The first-order chi connectivity index (χ1) is 15.5. The van der Waals surface area contributed by atoms with Gasteiger partial charge in [-0.15, -0.1) is 11.3 Å². The van der Waals surface area contributed by atoms with Gasteiger partial charge in [0.2, 0.25) is 5.91 Å². The minimum absolute atomic E-state index is 0.0573. The highest BCUT2D eigenvalue weighted by molar-refractivity contribution is 7.09. The Bertz CT molecular complexity index is 939. The van der Waals surface area contributed by atoms with E-state index in [4.69, 9.17) is 19.1 Å². The van der Waals surface area contributed by atoms with Crippen molar-refractivity contribution in [2.45, 2.75) is 57.6 Å². The topological polar surface area (TPSA) is 96.1 Å². The number of halogens is 3. The van der Waals surface area contributed by atoms with E-state index >= 15 is 0 Å². The molecule has 1 N–H and O–H groups in total. The maximum absolute atomic E-state index is 12.5. The number of morpholine rings is 1. The lowest BCUT2D eigenvalue weighted by atomic mass is 9.82. The molecule has 0 aliphatic carbocycles. The number of aryl methyl sites for hydroxylation is 1. The number of carbonyl (C=O) groups excluding carboxylic acids is 1. The molecule has 1 unspecified atom stereocenters. The van der Waals surface area contributed by atoms with E-state index in [1.807, 2.05) is 23.3 Å². The van der Waals surface area contributed by atoms with Crippen LogP contribution in [0.1, 0.15) is 36.0 Å². The molecule has 8 nitrogen and oxygen atoms in total. The molecule has 2 aromatic heterocycles. The summed E-state index contributed by atoms with van der Waals surface area (Å²) in [6, 6.07) is 2.07. The van der Waals surface area contributed by atoms with Crippen molar-refractivity contribution in [3.05, 3.63) is 40.2 Å². The Morgan fingerprint density at radius 2 is 2.00 bits per heavy atom. The van der Waals surface area contributed by atoms with Crippen molar-refractivity contribution < 1.29 is 37.0 Å². The van der Waals surface area contributed by atoms with Gasteiger partial charge in [0, 0.05) is 30.6 Å². The Morgan fingerprint density at radius 3 is 2.52 bits per heavy atom. The molecular formula is C21H26F3N3O5S. The molecule has 2 aliphatic rings. The molecule has 2 aliphatic heterocycles. The molecule has 2 saturated heterocycles. The van der Waals surface area contributed by atoms with Crippen LogP contribution in [0.5, 0.6) is 0 Å². The second-order valence-corrected chi connectivity index (χ2v) is 9.18. The van der Waals surface area contributed by atoms with Gasteiger partial charge in [-0.25, -0.2) is 9.78 Å². The number of carboxylic acids is 1. The number of nitrogens with zero attached hydrogens (tertiary/aromatic N) is 3. The van der Waals surface area contributed by atoms with E-state index in [-0.39, 0.29) is 24.2 Å². The van der Waals surface area contributed by atoms with Crippen LogP contribution >= 0.6 is 11.3 Å². The van der Waals surface area contributed by atoms with Crippen LogP contribution < -0.4 is 0 Å². The van der Waals surface area contributed by atoms with Gasteiger partial charge in [-0.3, -0.25) is 9.69 Å². The predicted octanol–water partition coefficient (Wildman–Crippen LogP) is 3.46. The summed E-state index contributed by atoms with van der Waals surface area (Å²) in [6.45, 7) is 7.71. The van der Waals surface area contributed by atoms with Crippen molar-refractivity contribution in [2.24, 2.45) is 0 Å². The maximum Gasteiger partial charge on any atom is 0.490 e. The Balaban J connectivity index is 0.000000383. The molecule has 2 fully saturated rings. The number of aromatic nitrogens is 1.